The van der Waals surface area contributed by atoms with E-state index in [1.54, 1.807) is 0 Å². The van der Waals surface area contributed by atoms with E-state index >= 15 is 0 Å². The summed E-state index contributed by atoms with van der Waals surface area (Å²) >= 11 is 2.98. The Morgan fingerprint density at radius 3 is 2.56 bits per heavy atom. The second-order valence-corrected chi connectivity index (χ2v) is 4.30. The number of hydrogen-bond donors (Lipinski definition) is 0. The van der Waals surface area contributed by atoms with E-state index in [1.165, 1.54) is 13.0 Å². The summed E-state index contributed by atoms with van der Waals surface area (Å²) in [4.78, 5) is 7.12. The molecule has 0 spiro atoms. The fourth-order valence-corrected chi connectivity index (χ4v) is 1.63. The van der Waals surface area contributed by atoms with E-state index in [0.717, 1.165) is 12.4 Å². The van der Waals surface area contributed by atoms with Gasteiger partial charge in [-0.25, -0.2) is 9.37 Å². The van der Waals surface area contributed by atoms with Crippen LogP contribution in [0.3, 0.4) is 0 Å². The maximum Gasteiger partial charge on any atom is 0.259 e. The molecule has 7 heteroatoms. The first-order valence-corrected chi connectivity index (χ1v) is 5.58. The molecule has 94 valence electrons. The van der Waals surface area contributed by atoms with Crippen LogP contribution < -0.4 is 4.74 Å². The number of hydrogen-bond acceptors (Lipinski definition) is 3. The summed E-state index contributed by atoms with van der Waals surface area (Å²) in [6.45, 7) is 1.40. The molecule has 0 aliphatic heterocycles. The van der Waals surface area contributed by atoms with E-state index in [9.17, 15) is 13.2 Å². The summed E-state index contributed by atoms with van der Waals surface area (Å²) in [5, 5.41) is 0. The van der Waals surface area contributed by atoms with Crippen LogP contribution >= 0.6 is 15.9 Å². The minimum absolute atomic E-state index is 0.0517. The lowest BCUT2D eigenvalue weighted by atomic mass is 10.3. The molecule has 0 saturated heterocycles. The normalized spacial score (nSPS) is 10.5. The average Bonchev–Trinajstić information content (AvgIpc) is 2.31. The SMILES string of the molecule is Cc1ncnc(Oc2cc(Br)cc(F)c2F)c1F. The highest BCUT2D eigenvalue weighted by atomic mass is 79.9. The molecular weight excluding hydrogens is 313 g/mol. The van der Waals surface area contributed by atoms with Crippen LogP contribution in [0.15, 0.2) is 22.9 Å². The predicted molar refractivity (Wildman–Crippen MR) is 60.9 cm³/mol. The van der Waals surface area contributed by atoms with Gasteiger partial charge in [0, 0.05) is 4.47 Å². The molecule has 1 heterocycles. The molecule has 0 fully saturated rings. The first kappa shape index (κ1) is 12.8. The smallest absolute Gasteiger partial charge is 0.259 e. The Morgan fingerprint density at radius 1 is 1.11 bits per heavy atom. The molecule has 0 N–H and O–H groups in total. The standard InChI is InChI=1S/C11H6BrF3N2O/c1-5-9(14)11(17-4-16-5)18-8-3-6(12)2-7(13)10(8)15/h2-4H,1H3. The van der Waals surface area contributed by atoms with E-state index < -0.39 is 29.1 Å². The average molecular weight is 319 g/mol. The molecule has 0 radical (unpaired) electrons. The highest BCUT2D eigenvalue weighted by Gasteiger charge is 2.16. The molecule has 1 aromatic heterocycles. The topological polar surface area (TPSA) is 35.0 Å². The minimum Gasteiger partial charge on any atom is -0.433 e. The van der Waals surface area contributed by atoms with Gasteiger partial charge in [0.1, 0.15) is 6.33 Å². The van der Waals surface area contributed by atoms with Crippen molar-refractivity contribution < 1.29 is 17.9 Å². The van der Waals surface area contributed by atoms with Gasteiger partial charge in [0.2, 0.25) is 11.6 Å². The third-order valence-electron chi connectivity index (χ3n) is 2.10. The van der Waals surface area contributed by atoms with Gasteiger partial charge < -0.3 is 4.74 Å². The van der Waals surface area contributed by atoms with Crippen molar-refractivity contribution in [1.29, 1.82) is 0 Å². The Kier molecular flexibility index (Phi) is 3.51. The Bertz CT molecular complexity index is 607. The maximum atomic E-state index is 13.5. The Labute approximate surface area is 109 Å². The molecule has 0 bridgehead atoms. The van der Waals surface area contributed by atoms with Crippen molar-refractivity contribution in [3.63, 3.8) is 0 Å². The van der Waals surface area contributed by atoms with Crippen molar-refractivity contribution in [2.45, 2.75) is 6.92 Å². The third-order valence-corrected chi connectivity index (χ3v) is 2.56. The summed E-state index contributed by atoms with van der Waals surface area (Å²) in [5.74, 6) is -4.06. The van der Waals surface area contributed by atoms with E-state index in [1.807, 2.05) is 0 Å². The lowest BCUT2D eigenvalue weighted by Crippen LogP contribution is -1.99. The number of aromatic nitrogens is 2. The second kappa shape index (κ2) is 4.93. The molecule has 0 atom stereocenters. The zero-order valence-corrected chi connectivity index (χ0v) is 10.6. The number of nitrogens with zero attached hydrogens (tertiary/aromatic N) is 2. The van der Waals surface area contributed by atoms with Gasteiger partial charge >= 0.3 is 0 Å². The monoisotopic (exact) mass is 318 g/mol. The molecule has 1 aromatic carbocycles. The van der Waals surface area contributed by atoms with E-state index in [2.05, 4.69) is 25.9 Å². The summed E-state index contributed by atoms with van der Waals surface area (Å²) < 4.78 is 45.2. The van der Waals surface area contributed by atoms with Crippen LogP contribution in [-0.2, 0) is 0 Å². The lowest BCUT2D eigenvalue weighted by molar-refractivity contribution is 0.380. The van der Waals surface area contributed by atoms with Crippen LogP contribution in [0.1, 0.15) is 5.69 Å². The Morgan fingerprint density at radius 2 is 1.83 bits per heavy atom. The molecule has 0 amide bonds. The van der Waals surface area contributed by atoms with Crippen LogP contribution in [-0.4, -0.2) is 9.97 Å². The van der Waals surface area contributed by atoms with Crippen molar-refractivity contribution in [2.24, 2.45) is 0 Å². The van der Waals surface area contributed by atoms with E-state index in [4.69, 9.17) is 4.74 Å². The number of aryl methyl sites for hydroxylation is 1. The van der Waals surface area contributed by atoms with Crippen molar-refractivity contribution in [3.05, 3.63) is 46.1 Å². The number of halogens is 4. The summed E-state index contributed by atoms with van der Waals surface area (Å²) in [7, 11) is 0. The van der Waals surface area contributed by atoms with Crippen molar-refractivity contribution >= 4 is 15.9 Å². The molecule has 2 rings (SSSR count). The third kappa shape index (κ3) is 2.45. The molecule has 0 saturated carbocycles. The second-order valence-electron chi connectivity index (χ2n) is 3.38. The van der Waals surface area contributed by atoms with Gasteiger partial charge in [-0.15, -0.1) is 0 Å². The minimum atomic E-state index is -1.21. The van der Waals surface area contributed by atoms with Crippen molar-refractivity contribution in [1.82, 2.24) is 9.97 Å². The van der Waals surface area contributed by atoms with Crippen LogP contribution in [0.4, 0.5) is 13.2 Å². The molecule has 3 nitrogen and oxygen atoms in total. The van der Waals surface area contributed by atoms with Crippen LogP contribution in [0.2, 0.25) is 0 Å². The highest BCUT2D eigenvalue weighted by Crippen LogP contribution is 2.30. The molecule has 2 aromatic rings. The molecular formula is C11H6BrF3N2O. The number of rotatable bonds is 2. The molecule has 18 heavy (non-hydrogen) atoms. The van der Waals surface area contributed by atoms with Crippen LogP contribution in [0.5, 0.6) is 11.6 Å². The highest BCUT2D eigenvalue weighted by molar-refractivity contribution is 9.10. The zero-order chi connectivity index (χ0) is 13.3. The molecule has 0 aliphatic carbocycles. The first-order chi connectivity index (χ1) is 8.49. The maximum absolute atomic E-state index is 13.5. The fourth-order valence-electron chi connectivity index (χ4n) is 1.22. The Hall–Kier alpha value is -1.63. The Balaban J connectivity index is 2.43. The van der Waals surface area contributed by atoms with Crippen molar-refractivity contribution in [2.75, 3.05) is 0 Å². The fraction of sp³-hybridized carbons (Fsp3) is 0.0909. The number of ether oxygens (including phenoxy) is 1. The summed E-state index contributed by atoms with van der Waals surface area (Å²) in [6.07, 6.45) is 1.07. The molecule has 0 aliphatic rings. The van der Waals surface area contributed by atoms with Gasteiger partial charge in [0.15, 0.2) is 11.6 Å². The van der Waals surface area contributed by atoms with Gasteiger partial charge in [-0.05, 0) is 19.1 Å². The first-order valence-electron chi connectivity index (χ1n) is 4.78. The zero-order valence-electron chi connectivity index (χ0n) is 9.05. The predicted octanol–water partition coefficient (Wildman–Crippen LogP) is 3.76. The van der Waals surface area contributed by atoms with Crippen LogP contribution in [0, 0.1) is 24.4 Å². The number of benzene rings is 1. The summed E-state index contributed by atoms with van der Waals surface area (Å²) in [6, 6.07) is 2.11. The molecule has 0 unspecified atom stereocenters. The van der Waals surface area contributed by atoms with E-state index in [0.29, 0.717) is 0 Å². The quantitative estimate of drug-likeness (QED) is 0.791. The largest absolute Gasteiger partial charge is 0.433 e. The van der Waals surface area contributed by atoms with Gasteiger partial charge in [-0.2, -0.15) is 13.8 Å². The lowest BCUT2D eigenvalue weighted by Gasteiger charge is -2.08. The summed E-state index contributed by atoms with van der Waals surface area (Å²) in [5.41, 5.74) is 0.0517. The van der Waals surface area contributed by atoms with E-state index in [-0.39, 0.29) is 10.2 Å². The van der Waals surface area contributed by atoms with Gasteiger partial charge in [-0.3, -0.25) is 0 Å². The van der Waals surface area contributed by atoms with Gasteiger partial charge in [0.25, 0.3) is 5.88 Å². The van der Waals surface area contributed by atoms with Gasteiger partial charge in [0.05, 0.1) is 5.69 Å². The van der Waals surface area contributed by atoms with Gasteiger partial charge in [-0.1, -0.05) is 15.9 Å². The van der Waals surface area contributed by atoms with Crippen molar-refractivity contribution in [3.8, 4) is 11.6 Å². The van der Waals surface area contributed by atoms with Crippen LogP contribution in [0.25, 0.3) is 0 Å².